The number of halogens is 4. The lowest BCUT2D eigenvalue weighted by molar-refractivity contribution is -0.137. The molecule has 0 fully saturated rings. The minimum absolute atomic E-state index is 0.0219. The fourth-order valence-electron chi connectivity index (χ4n) is 1.73. The fraction of sp³-hybridized carbons (Fsp3) is 0.571. The van der Waals surface area contributed by atoms with Crippen molar-refractivity contribution < 1.29 is 17.6 Å². The molecule has 1 aromatic rings. The Morgan fingerprint density at radius 1 is 1.11 bits per heavy atom. The number of hydrogen-bond acceptors (Lipinski definition) is 1. The van der Waals surface area contributed by atoms with Crippen LogP contribution >= 0.6 is 0 Å². The van der Waals surface area contributed by atoms with Gasteiger partial charge in [-0.3, -0.25) is 0 Å². The van der Waals surface area contributed by atoms with Crippen LogP contribution in [0.4, 0.5) is 23.2 Å². The van der Waals surface area contributed by atoms with Gasteiger partial charge in [0.1, 0.15) is 5.82 Å². The second-order valence-corrected chi connectivity index (χ2v) is 5.21. The molecule has 0 aromatic heterocycles. The molecule has 0 aliphatic heterocycles. The van der Waals surface area contributed by atoms with E-state index in [0.29, 0.717) is 12.0 Å². The Bertz CT molecular complexity index is 412. The van der Waals surface area contributed by atoms with Gasteiger partial charge in [-0.15, -0.1) is 0 Å². The highest BCUT2D eigenvalue weighted by Crippen LogP contribution is 2.31. The van der Waals surface area contributed by atoms with Crippen LogP contribution in [0.5, 0.6) is 0 Å². The molecule has 0 saturated carbocycles. The standard InChI is InChI=1S/C14H19F4N/c1-9(2)4-5-10(3)19-13-7-6-11(8-12(13)15)14(16,17)18/h6-10,19H,4-5H2,1-3H3. The lowest BCUT2D eigenvalue weighted by Crippen LogP contribution is -2.17. The number of hydrogen-bond donors (Lipinski definition) is 1. The molecule has 1 unspecified atom stereocenters. The summed E-state index contributed by atoms with van der Waals surface area (Å²) in [6, 6.07) is 2.58. The molecule has 1 N–H and O–H groups in total. The summed E-state index contributed by atoms with van der Waals surface area (Å²) in [5.74, 6) is -0.326. The predicted octanol–water partition coefficient (Wildman–Crippen LogP) is 5.08. The monoisotopic (exact) mass is 277 g/mol. The quantitative estimate of drug-likeness (QED) is 0.740. The summed E-state index contributed by atoms with van der Waals surface area (Å²) in [7, 11) is 0. The Labute approximate surface area is 111 Å². The van der Waals surface area contributed by atoms with Crippen molar-refractivity contribution in [3.63, 3.8) is 0 Å². The minimum atomic E-state index is -4.51. The summed E-state index contributed by atoms with van der Waals surface area (Å²) in [5, 5.41) is 2.90. The molecule has 0 amide bonds. The molecule has 108 valence electrons. The van der Waals surface area contributed by atoms with Gasteiger partial charge in [-0.2, -0.15) is 13.2 Å². The molecule has 0 heterocycles. The zero-order valence-corrected chi connectivity index (χ0v) is 11.3. The van der Waals surface area contributed by atoms with Crippen LogP contribution in [0.2, 0.25) is 0 Å². The number of benzene rings is 1. The first kappa shape index (κ1) is 15.8. The summed E-state index contributed by atoms with van der Waals surface area (Å²) in [6.45, 7) is 6.07. The van der Waals surface area contributed by atoms with E-state index in [2.05, 4.69) is 19.2 Å². The summed E-state index contributed by atoms with van der Waals surface area (Å²) in [6.07, 6.45) is -2.68. The van der Waals surface area contributed by atoms with E-state index in [9.17, 15) is 17.6 Å². The number of anilines is 1. The topological polar surface area (TPSA) is 12.0 Å². The molecule has 0 aliphatic carbocycles. The van der Waals surface area contributed by atoms with Crippen LogP contribution in [-0.2, 0) is 6.18 Å². The maximum Gasteiger partial charge on any atom is 0.416 e. The van der Waals surface area contributed by atoms with E-state index < -0.39 is 17.6 Å². The second-order valence-electron chi connectivity index (χ2n) is 5.21. The summed E-state index contributed by atoms with van der Waals surface area (Å²) < 4.78 is 50.7. The van der Waals surface area contributed by atoms with Crippen LogP contribution in [0.25, 0.3) is 0 Å². The molecule has 0 spiro atoms. The highest BCUT2D eigenvalue weighted by Gasteiger charge is 2.31. The summed E-state index contributed by atoms with van der Waals surface area (Å²) in [4.78, 5) is 0. The van der Waals surface area contributed by atoms with Gasteiger partial charge in [0.25, 0.3) is 0 Å². The Hall–Kier alpha value is -1.26. The zero-order chi connectivity index (χ0) is 14.6. The van der Waals surface area contributed by atoms with E-state index in [1.807, 2.05) is 6.92 Å². The molecule has 0 aliphatic rings. The van der Waals surface area contributed by atoms with Crippen molar-refractivity contribution >= 4 is 5.69 Å². The van der Waals surface area contributed by atoms with Crippen LogP contribution < -0.4 is 5.32 Å². The van der Waals surface area contributed by atoms with Gasteiger partial charge >= 0.3 is 6.18 Å². The van der Waals surface area contributed by atoms with E-state index in [4.69, 9.17) is 0 Å². The van der Waals surface area contributed by atoms with E-state index >= 15 is 0 Å². The fourth-order valence-corrected chi connectivity index (χ4v) is 1.73. The van der Waals surface area contributed by atoms with Crippen LogP contribution in [0.15, 0.2) is 18.2 Å². The van der Waals surface area contributed by atoms with Gasteiger partial charge in [0, 0.05) is 6.04 Å². The van der Waals surface area contributed by atoms with Gasteiger partial charge < -0.3 is 5.32 Å². The van der Waals surface area contributed by atoms with Gasteiger partial charge in [0.05, 0.1) is 11.3 Å². The molecule has 19 heavy (non-hydrogen) atoms. The van der Waals surface area contributed by atoms with Crippen molar-refractivity contribution in [2.45, 2.75) is 45.8 Å². The van der Waals surface area contributed by atoms with Gasteiger partial charge in [-0.25, -0.2) is 4.39 Å². The molecule has 0 bridgehead atoms. The van der Waals surface area contributed by atoms with Crippen LogP contribution in [0.3, 0.4) is 0 Å². The highest BCUT2D eigenvalue weighted by atomic mass is 19.4. The van der Waals surface area contributed by atoms with Crippen molar-refractivity contribution in [3.05, 3.63) is 29.6 Å². The molecular weight excluding hydrogens is 258 g/mol. The average Bonchev–Trinajstić information content (AvgIpc) is 2.27. The van der Waals surface area contributed by atoms with Crippen molar-refractivity contribution in [1.29, 1.82) is 0 Å². The predicted molar refractivity (Wildman–Crippen MR) is 68.6 cm³/mol. The zero-order valence-electron chi connectivity index (χ0n) is 11.3. The van der Waals surface area contributed by atoms with Crippen molar-refractivity contribution in [3.8, 4) is 0 Å². The van der Waals surface area contributed by atoms with E-state index in [1.54, 1.807) is 0 Å². The van der Waals surface area contributed by atoms with E-state index in [-0.39, 0.29) is 11.7 Å². The Kier molecular flexibility index (Phi) is 5.20. The maximum atomic E-state index is 13.6. The average molecular weight is 277 g/mol. The number of alkyl halides is 3. The first-order valence-electron chi connectivity index (χ1n) is 6.33. The lowest BCUT2D eigenvalue weighted by Gasteiger charge is -2.17. The van der Waals surface area contributed by atoms with Gasteiger partial charge in [-0.1, -0.05) is 13.8 Å². The number of rotatable bonds is 5. The molecule has 0 saturated heterocycles. The van der Waals surface area contributed by atoms with Crippen LogP contribution in [-0.4, -0.2) is 6.04 Å². The van der Waals surface area contributed by atoms with Crippen LogP contribution in [0, 0.1) is 11.7 Å². The molecule has 1 rings (SSSR count). The lowest BCUT2D eigenvalue weighted by atomic mass is 10.0. The molecule has 1 aromatic carbocycles. The van der Waals surface area contributed by atoms with E-state index in [0.717, 1.165) is 25.0 Å². The third-order valence-electron chi connectivity index (χ3n) is 2.88. The molecule has 1 atom stereocenters. The van der Waals surface area contributed by atoms with Gasteiger partial charge in [0.2, 0.25) is 0 Å². The number of nitrogens with one attached hydrogen (secondary N) is 1. The SMILES string of the molecule is CC(C)CCC(C)Nc1ccc(C(F)(F)F)cc1F. The van der Waals surface area contributed by atoms with Crippen molar-refractivity contribution in [1.82, 2.24) is 0 Å². The van der Waals surface area contributed by atoms with Gasteiger partial charge in [0.15, 0.2) is 0 Å². The van der Waals surface area contributed by atoms with Crippen molar-refractivity contribution in [2.24, 2.45) is 5.92 Å². The van der Waals surface area contributed by atoms with E-state index in [1.165, 1.54) is 0 Å². The molecule has 5 heteroatoms. The van der Waals surface area contributed by atoms with Gasteiger partial charge in [-0.05, 0) is 43.9 Å². The third kappa shape index (κ3) is 5.09. The first-order valence-corrected chi connectivity index (χ1v) is 6.33. The van der Waals surface area contributed by atoms with Crippen molar-refractivity contribution in [2.75, 3.05) is 5.32 Å². The summed E-state index contributed by atoms with van der Waals surface area (Å²) in [5.41, 5.74) is -0.852. The largest absolute Gasteiger partial charge is 0.416 e. The Balaban J connectivity index is 2.70. The third-order valence-corrected chi connectivity index (χ3v) is 2.88. The minimum Gasteiger partial charge on any atom is -0.380 e. The molecule has 1 nitrogen and oxygen atoms in total. The second kappa shape index (κ2) is 6.26. The maximum absolute atomic E-state index is 13.6. The summed E-state index contributed by atoms with van der Waals surface area (Å²) >= 11 is 0. The Morgan fingerprint density at radius 3 is 2.21 bits per heavy atom. The normalized spacial score (nSPS) is 13.7. The molecule has 0 radical (unpaired) electrons. The Morgan fingerprint density at radius 2 is 1.74 bits per heavy atom. The smallest absolute Gasteiger partial charge is 0.380 e. The molecular formula is C14H19F4N. The highest BCUT2D eigenvalue weighted by molar-refractivity contribution is 5.47. The first-order chi connectivity index (χ1) is 8.70. The van der Waals surface area contributed by atoms with Crippen LogP contribution in [0.1, 0.15) is 39.2 Å².